The number of ether oxygens (including phenoxy) is 2. The zero-order chi connectivity index (χ0) is 10.6. The van der Waals surface area contributed by atoms with Gasteiger partial charge in [0.15, 0.2) is 0 Å². The molecule has 0 aliphatic heterocycles. The maximum absolute atomic E-state index is 13.8. The van der Waals surface area contributed by atoms with E-state index in [4.69, 9.17) is 9.47 Å². The third kappa shape index (κ3) is 2.58. The van der Waals surface area contributed by atoms with Gasteiger partial charge in [0.2, 0.25) is 0 Å². The van der Waals surface area contributed by atoms with Gasteiger partial charge < -0.3 is 9.47 Å². The van der Waals surface area contributed by atoms with Crippen molar-refractivity contribution in [2.45, 2.75) is 25.0 Å². The first-order valence-corrected chi connectivity index (χ1v) is 5.13. The lowest BCUT2D eigenvalue weighted by Gasteiger charge is -2.33. The zero-order valence-corrected chi connectivity index (χ0v) is 9.07. The van der Waals surface area contributed by atoms with E-state index in [2.05, 4.69) is 0 Å². The molecule has 0 aromatic heterocycles. The molecule has 0 aromatic carbocycles. The number of methoxy groups -OCH3 is 1. The molecular formula is C10H18BFO2. The third-order valence-electron chi connectivity index (χ3n) is 2.62. The molecule has 0 fully saturated rings. The van der Waals surface area contributed by atoms with Gasteiger partial charge >= 0.3 is 0 Å². The molecule has 80 valence electrons. The van der Waals surface area contributed by atoms with Gasteiger partial charge in [0.25, 0.3) is 0 Å². The summed E-state index contributed by atoms with van der Waals surface area (Å²) in [6.07, 6.45) is 2.65. The van der Waals surface area contributed by atoms with E-state index in [9.17, 15) is 4.39 Å². The van der Waals surface area contributed by atoms with Crippen LogP contribution in [-0.2, 0) is 9.47 Å². The van der Waals surface area contributed by atoms with E-state index in [0.29, 0.717) is 13.2 Å². The van der Waals surface area contributed by atoms with Gasteiger partial charge in [-0.25, -0.2) is 4.39 Å². The highest BCUT2D eigenvalue weighted by molar-refractivity contribution is 6.13. The third-order valence-corrected chi connectivity index (χ3v) is 2.62. The lowest BCUT2D eigenvalue weighted by atomic mass is 9.74. The summed E-state index contributed by atoms with van der Waals surface area (Å²) in [5.74, 6) is -0.00851. The van der Waals surface area contributed by atoms with E-state index in [0.717, 1.165) is 0 Å². The van der Waals surface area contributed by atoms with Crippen LogP contribution in [0.2, 0.25) is 5.82 Å². The molecule has 4 heteroatoms. The first kappa shape index (κ1) is 11.7. The van der Waals surface area contributed by atoms with Crippen LogP contribution in [0, 0.1) is 5.92 Å². The summed E-state index contributed by atoms with van der Waals surface area (Å²) < 4.78 is 24.2. The fraction of sp³-hybridized carbons (Fsp3) is 0.800. The predicted molar refractivity (Wildman–Crippen MR) is 57.1 cm³/mol. The Hall–Kier alpha value is -0.345. The van der Waals surface area contributed by atoms with E-state index in [1.165, 1.54) is 0 Å². The predicted octanol–water partition coefficient (Wildman–Crippen LogP) is 0.984. The molecular weight excluding hydrogens is 182 g/mol. The Morgan fingerprint density at radius 2 is 2.14 bits per heavy atom. The van der Waals surface area contributed by atoms with Crippen LogP contribution >= 0.6 is 0 Å². The molecule has 0 radical (unpaired) electrons. The van der Waals surface area contributed by atoms with Crippen LogP contribution in [0.3, 0.4) is 0 Å². The van der Waals surface area contributed by atoms with Crippen LogP contribution in [0.5, 0.6) is 0 Å². The van der Waals surface area contributed by atoms with Crippen LogP contribution in [0.15, 0.2) is 12.2 Å². The normalized spacial score (nSPS) is 37.4. The maximum atomic E-state index is 13.8. The van der Waals surface area contributed by atoms with Crippen molar-refractivity contribution >= 4 is 7.85 Å². The molecule has 0 saturated heterocycles. The van der Waals surface area contributed by atoms with Gasteiger partial charge in [-0.1, -0.05) is 12.2 Å². The number of alkyl halides is 1. The second-order valence-electron chi connectivity index (χ2n) is 3.73. The molecule has 0 bridgehead atoms. The van der Waals surface area contributed by atoms with Crippen molar-refractivity contribution in [1.82, 2.24) is 0 Å². The molecule has 0 N–H and O–H groups in total. The molecule has 0 spiro atoms. The summed E-state index contributed by atoms with van der Waals surface area (Å²) in [5, 5.41) is 0. The van der Waals surface area contributed by atoms with Gasteiger partial charge in [0.05, 0.1) is 12.7 Å². The van der Waals surface area contributed by atoms with E-state index < -0.39 is 6.17 Å². The Labute approximate surface area is 85.9 Å². The monoisotopic (exact) mass is 200 g/mol. The minimum absolute atomic E-state index is 0.0474. The first-order chi connectivity index (χ1) is 6.70. The van der Waals surface area contributed by atoms with Gasteiger partial charge in [-0.05, 0) is 12.7 Å². The van der Waals surface area contributed by atoms with Gasteiger partial charge in [0, 0.05) is 19.6 Å². The SMILES string of the molecule is B[C@@H]1C=C[C@H](COC)[C@@H](OCC)[C@H]1F. The van der Waals surface area contributed by atoms with Crippen molar-refractivity contribution in [2.24, 2.45) is 5.92 Å². The van der Waals surface area contributed by atoms with Crippen molar-refractivity contribution in [2.75, 3.05) is 20.3 Å². The van der Waals surface area contributed by atoms with E-state index >= 15 is 0 Å². The highest BCUT2D eigenvalue weighted by atomic mass is 19.1. The van der Waals surface area contributed by atoms with E-state index in [1.54, 1.807) is 7.11 Å². The minimum Gasteiger partial charge on any atom is -0.384 e. The molecule has 14 heavy (non-hydrogen) atoms. The average Bonchev–Trinajstić information content (AvgIpc) is 2.18. The van der Waals surface area contributed by atoms with Crippen molar-refractivity contribution in [3.05, 3.63) is 12.2 Å². The highest BCUT2D eigenvalue weighted by Crippen LogP contribution is 2.30. The molecule has 0 aromatic rings. The molecule has 0 saturated carbocycles. The quantitative estimate of drug-likeness (QED) is 0.497. The summed E-state index contributed by atoms with van der Waals surface area (Å²) >= 11 is 0. The smallest absolute Gasteiger partial charge is 0.126 e. The van der Waals surface area contributed by atoms with Gasteiger partial charge in [-0.2, -0.15) is 0 Å². The first-order valence-electron chi connectivity index (χ1n) is 5.13. The zero-order valence-electron chi connectivity index (χ0n) is 9.07. The van der Waals surface area contributed by atoms with Gasteiger partial charge in [0.1, 0.15) is 14.0 Å². The molecule has 1 aliphatic carbocycles. The standard InChI is InChI=1S/C10H18BFO2/c1-3-14-10-7(6-13-2)4-5-8(11)9(10)12/h4-5,7-10H,3,6,11H2,1-2H3/t7-,8-,9+,10-/m1/s1. The van der Waals surface area contributed by atoms with Crippen molar-refractivity contribution in [1.29, 1.82) is 0 Å². The van der Waals surface area contributed by atoms with E-state index in [1.807, 2.05) is 26.9 Å². The molecule has 1 aliphatic rings. The fourth-order valence-electron chi connectivity index (χ4n) is 1.82. The molecule has 4 atom stereocenters. The summed E-state index contributed by atoms with van der Waals surface area (Å²) in [5.41, 5.74) is 0. The summed E-state index contributed by atoms with van der Waals surface area (Å²) in [7, 11) is 3.50. The lowest BCUT2D eigenvalue weighted by molar-refractivity contribution is -0.0415. The second-order valence-corrected chi connectivity index (χ2v) is 3.73. The Morgan fingerprint density at radius 1 is 1.43 bits per heavy atom. The Balaban J connectivity index is 2.66. The summed E-state index contributed by atoms with van der Waals surface area (Å²) in [6.45, 7) is 2.96. The lowest BCUT2D eigenvalue weighted by Crippen LogP contribution is -2.39. The number of allylic oxidation sites excluding steroid dienone is 1. The van der Waals surface area contributed by atoms with Gasteiger partial charge in [-0.15, -0.1) is 0 Å². The van der Waals surface area contributed by atoms with Crippen molar-refractivity contribution < 1.29 is 13.9 Å². The number of halogens is 1. The van der Waals surface area contributed by atoms with Crippen molar-refractivity contribution in [3.63, 3.8) is 0 Å². The number of hydrogen-bond acceptors (Lipinski definition) is 2. The number of hydrogen-bond donors (Lipinski definition) is 0. The number of rotatable bonds is 4. The molecule has 0 unspecified atom stereocenters. The van der Waals surface area contributed by atoms with Crippen molar-refractivity contribution in [3.8, 4) is 0 Å². The van der Waals surface area contributed by atoms with Crippen LogP contribution in [0.4, 0.5) is 4.39 Å². The minimum atomic E-state index is -0.917. The molecule has 0 amide bonds. The Kier molecular flexibility index (Phi) is 4.62. The molecule has 1 rings (SSSR count). The summed E-state index contributed by atoms with van der Waals surface area (Å²) in [6, 6.07) is 0. The Morgan fingerprint density at radius 3 is 2.71 bits per heavy atom. The largest absolute Gasteiger partial charge is 0.384 e. The van der Waals surface area contributed by atoms with Crippen LogP contribution in [0.1, 0.15) is 6.92 Å². The van der Waals surface area contributed by atoms with Crippen LogP contribution in [0.25, 0.3) is 0 Å². The highest BCUT2D eigenvalue weighted by Gasteiger charge is 2.34. The second kappa shape index (κ2) is 5.52. The maximum Gasteiger partial charge on any atom is 0.126 e. The van der Waals surface area contributed by atoms with Gasteiger partial charge in [-0.3, -0.25) is 0 Å². The Bertz CT molecular complexity index is 199. The average molecular weight is 200 g/mol. The molecule has 2 nitrogen and oxygen atoms in total. The van der Waals surface area contributed by atoms with Crippen LogP contribution in [-0.4, -0.2) is 40.4 Å². The van der Waals surface area contributed by atoms with Crippen LogP contribution < -0.4 is 0 Å². The van der Waals surface area contributed by atoms with E-state index in [-0.39, 0.29) is 17.8 Å². The molecule has 0 heterocycles. The fourth-order valence-corrected chi connectivity index (χ4v) is 1.82. The summed E-state index contributed by atoms with van der Waals surface area (Å²) in [4.78, 5) is 0. The topological polar surface area (TPSA) is 18.5 Å².